The fraction of sp³-hybridized carbons (Fsp3) is 0.667. The summed E-state index contributed by atoms with van der Waals surface area (Å²) < 4.78 is 10.1. The largest absolute Gasteiger partial charge is 0.321 e. The van der Waals surface area contributed by atoms with Crippen molar-refractivity contribution in [2.75, 3.05) is 19.8 Å². The van der Waals surface area contributed by atoms with Crippen LogP contribution in [0.4, 0.5) is 0 Å². The maximum atomic E-state index is 8.22. The Hall–Kier alpha value is -0.100. The van der Waals surface area contributed by atoms with Crippen LogP contribution >= 0.6 is 17.9 Å². The predicted octanol–water partition coefficient (Wildman–Crippen LogP) is 2.01. The molecule has 0 saturated heterocycles. The molecule has 72 valence electrons. The van der Waals surface area contributed by atoms with Gasteiger partial charge in [-0.25, -0.2) is 6.57 Å². The van der Waals surface area contributed by atoms with Crippen molar-refractivity contribution in [2.24, 2.45) is 0 Å². The summed E-state index contributed by atoms with van der Waals surface area (Å²) in [6, 6.07) is 1.92. The summed E-state index contributed by atoms with van der Waals surface area (Å²) in [5.74, 6) is 0. The predicted molar refractivity (Wildman–Crippen MR) is 56.9 cm³/mol. The summed E-state index contributed by atoms with van der Waals surface area (Å²) in [7, 11) is 0. The third-order valence-corrected chi connectivity index (χ3v) is 3.27. The molecular formula is C6H9N2O2PS2. The Bertz CT molecular complexity index is 247. The van der Waals surface area contributed by atoms with Crippen LogP contribution in [0.25, 0.3) is 4.85 Å². The topological polar surface area (TPSA) is 46.6 Å². The maximum Gasteiger partial charge on any atom is 0.244 e. The van der Waals surface area contributed by atoms with Crippen molar-refractivity contribution < 1.29 is 9.05 Å². The molecule has 4 nitrogen and oxygen atoms in total. The molecule has 0 aromatic heterocycles. The third kappa shape index (κ3) is 8.24. The van der Waals surface area contributed by atoms with Crippen molar-refractivity contribution in [2.45, 2.75) is 6.42 Å². The Balaban J connectivity index is 3.63. The second kappa shape index (κ2) is 7.32. The standard InChI is InChI=1S/C6H9N2O2PS2/c1-8-4-6-10-11(12,13)9-5-2-3-7/h2,4-6H2,(H,12,13). The number of nitrogens with zero attached hydrogens (tertiary/aromatic N) is 2. The highest BCUT2D eigenvalue weighted by atomic mass is 32.9. The Labute approximate surface area is 88.0 Å². The van der Waals surface area contributed by atoms with E-state index in [4.69, 9.17) is 32.7 Å². The minimum atomic E-state index is -2.52. The number of nitriles is 1. The molecule has 0 aromatic carbocycles. The first-order chi connectivity index (χ1) is 6.12. The summed E-state index contributed by atoms with van der Waals surface area (Å²) >= 11 is 8.89. The quantitative estimate of drug-likeness (QED) is 0.331. The van der Waals surface area contributed by atoms with Gasteiger partial charge in [-0.15, -0.1) is 0 Å². The van der Waals surface area contributed by atoms with Gasteiger partial charge in [-0.05, 0) is 11.8 Å². The Morgan fingerprint density at radius 2 is 2.15 bits per heavy atom. The second-order valence-corrected chi connectivity index (χ2v) is 7.21. The van der Waals surface area contributed by atoms with E-state index in [9.17, 15) is 0 Å². The van der Waals surface area contributed by atoms with Gasteiger partial charge in [0.1, 0.15) is 6.61 Å². The van der Waals surface area contributed by atoms with Crippen LogP contribution in [0.3, 0.4) is 0 Å². The number of hydrogen-bond acceptors (Lipinski definition) is 4. The first-order valence-corrected chi connectivity index (χ1v) is 7.23. The van der Waals surface area contributed by atoms with E-state index < -0.39 is 5.69 Å². The third-order valence-electron chi connectivity index (χ3n) is 0.926. The van der Waals surface area contributed by atoms with E-state index in [0.29, 0.717) is 0 Å². The normalized spacial score (nSPS) is 14.1. The zero-order valence-electron chi connectivity index (χ0n) is 6.84. The zero-order valence-corrected chi connectivity index (χ0v) is 9.45. The first kappa shape index (κ1) is 12.9. The minimum absolute atomic E-state index is 0.231. The zero-order chi connectivity index (χ0) is 10.2. The monoisotopic (exact) mass is 236 g/mol. The molecule has 1 unspecified atom stereocenters. The van der Waals surface area contributed by atoms with Gasteiger partial charge in [0.05, 0.1) is 19.1 Å². The Kier molecular flexibility index (Phi) is 7.26. The molecule has 7 heteroatoms. The highest BCUT2D eigenvalue weighted by Crippen LogP contribution is 2.53. The summed E-state index contributed by atoms with van der Waals surface area (Å²) in [6.45, 7) is 7.21. The van der Waals surface area contributed by atoms with Gasteiger partial charge in [0.25, 0.3) is 0 Å². The van der Waals surface area contributed by atoms with E-state index in [2.05, 4.69) is 17.1 Å². The van der Waals surface area contributed by atoms with Gasteiger partial charge in [0, 0.05) is 0 Å². The first-order valence-electron chi connectivity index (χ1n) is 3.44. The second-order valence-electron chi connectivity index (χ2n) is 1.92. The number of hydrogen-bond donors (Lipinski definition) is 1. The molecule has 0 aliphatic rings. The lowest BCUT2D eigenvalue weighted by Crippen LogP contribution is -1.96. The lowest BCUT2D eigenvalue weighted by molar-refractivity contribution is 0.273. The minimum Gasteiger partial charge on any atom is -0.321 e. The van der Waals surface area contributed by atoms with Crippen LogP contribution < -0.4 is 0 Å². The van der Waals surface area contributed by atoms with Gasteiger partial charge in [0.2, 0.25) is 12.2 Å². The Morgan fingerprint density at radius 3 is 2.69 bits per heavy atom. The molecule has 0 aromatic rings. The van der Waals surface area contributed by atoms with Gasteiger partial charge >= 0.3 is 0 Å². The number of thiol groups is 1. The van der Waals surface area contributed by atoms with E-state index in [1.807, 2.05) is 6.07 Å². The van der Waals surface area contributed by atoms with Crippen LogP contribution in [-0.4, -0.2) is 19.8 Å². The fourth-order valence-corrected chi connectivity index (χ4v) is 2.09. The van der Waals surface area contributed by atoms with Gasteiger partial charge in [-0.3, -0.25) is 0 Å². The van der Waals surface area contributed by atoms with Crippen LogP contribution in [-0.2, 0) is 20.9 Å². The molecule has 13 heavy (non-hydrogen) atoms. The van der Waals surface area contributed by atoms with Gasteiger partial charge in [0.15, 0.2) is 0 Å². The van der Waals surface area contributed by atoms with Crippen LogP contribution in [0.5, 0.6) is 0 Å². The molecule has 0 saturated carbocycles. The van der Waals surface area contributed by atoms with Crippen molar-refractivity contribution in [3.63, 3.8) is 0 Å². The van der Waals surface area contributed by atoms with E-state index in [1.54, 1.807) is 0 Å². The van der Waals surface area contributed by atoms with E-state index in [-0.39, 0.29) is 26.2 Å². The molecule has 1 atom stereocenters. The lowest BCUT2D eigenvalue weighted by atomic mass is 10.5. The van der Waals surface area contributed by atoms with Crippen molar-refractivity contribution >= 4 is 29.7 Å². The lowest BCUT2D eigenvalue weighted by Gasteiger charge is -2.13. The summed E-state index contributed by atoms with van der Waals surface area (Å²) in [5, 5.41) is 8.22. The summed E-state index contributed by atoms with van der Waals surface area (Å²) in [5.41, 5.74) is -2.52. The smallest absolute Gasteiger partial charge is 0.244 e. The van der Waals surface area contributed by atoms with Crippen molar-refractivity contribution in [1.82, 2.24) is 0 Å². The molecule has 0 aliphatic carbocycles. The molecule has 0 fully saturated rings. The molecule has 0 amide bonds. The molecule has 0 heterocycles. The van der Waals surface area contributed by atoms with Crippen LogP contribution in [0, 0.1) is 17.9 Å². The van der Waals surface area contributed by atoms with Gasteiger partial charge < -0.3 is 13.9 Å². The summed E-state index contributed by atoms with van der Waals surface area (Å²) in [6.07, 6.45) is 0.269. The molecule has 0 N–H and O–H groups in total. The van der Waals surface area contributed by atoms with Crippen molar-refractivity contribution in [1.29, 1.82) is 5.26 Å². The van der Waals surface area contributed by atoms with Crippen LogP contribution in [0.1, 0.15) is 6.42 Å². The maximum absolute atomic E-state index is 8.22. The van der Waals surface area contributed by atoms with Gasteiger partial charge in [-0.2, -0.15) is 5.26 Å². The number of rotatable bonds is 6. The molecule has 0 spiro atoms. The highest BCUT2D eigenvalue weighted by Gasteiger charge is 2.12. The van der Waals surface area contributed by atoms with Crippen LogP contribution in [0.15, 0.2) is 0 Å². The fourth-order valence-electron chi connectivity index (χ4n) is 0.446. The highest BCUT2D eigenvalue weighted by molar-refractivity contribution is 8.60. The molecular weight excluding hydrogens is 227 g/mol. The summed E-state index contributed by atoms with van der Waals surface area (Å²) in [4.78, 5) is 3.09. The van der Waals surface area contributed by atoms with Gasteiger partial charge in [-0.1, -0.05) is 12.2 Å². The molecule has 0 radical (unpaired) electrons. The van der Waals surface area contributed by atoms with Crippen LogP contribution in [0.2, 0.25) is 0 Å². The molecule has 0 aliphatic heterocycles. The van der Waals surface area contributed by atoms with Crippen molar-refractivity contribution in [3.05, 3.63) is 11.4 Å². The SMILES string of the molecule is [C-]#[N+]CCOP(=S)(S)OCCC#N. The van der Waals surface area contributed by atoms with E-state index in [0.717, 1.165) is 0 Å². The Morgan fingerprint density at radius 1 is 1.54 bits per heavy atom. The molecule has 0 rings (SSSR count). The van der Waals surface area contributed by atoms with E-state index in [1.165, 1.54) is 0 Å². The average molecular weight is 236 g/mol. The average Bonchev–Trinajstić information content (AvgIpc) is 2.05. The van der Waals surface area contributed by atoms with Crippen molar-refractivity contribution in [3.8, 4) is 6.07 Å². The van der Waals surface area contributed by atoms with E-state index >= 15 is 0 Å². The molecule has 0 bridgehead atoms.